The van der Waals surface area contributed by atoms with E-state index in [4.69, 9.17) is 22.1 Å². The third-order valence-electron chi connectivity index (χ3n) is 6.21. The molecule has 3 atom stereocenters. The monoisotopic (exact) mass is 467 g/mol. The summed E-state index contributed by atoms with van der Waals surface area (Å²) in [4.78, 5) is 15.3. The van der Waals surface area contributed by atoms with E-state index >= 15 is 0 Å². The lowest BCUT2D eigenvalue weighted by molar-refractivity contribution is -0.170. The quantitative estimate of drug-likeness (QED) is 0.569. The number of halogens is 3. The Labute approximate surface area is 192 Å². The van der Waals surface area contributed by atoms with E-state index in [1.807, 2.05) is 45.0 Å². The largest absolute Gasteiger partial charge is 0.378 e. The van der Waals surface area contributed by atoms with E-state index in [0.29, 0.717) is 24.6 Å². The Balaban J connectivity index is 0.00000392. The number of benzene rings is 1. The minimum atomic E-state index is -0.916. The normalized spacial score (nSPS) is 23.4. The molecule has 0 saturated heterocycles. The standard InChI is InChI=1S/C21H34ClN3O2.2ClH/c1-6-25(7-2)17(15-11-9-10-12-16(15)22)14-24-19(26)21(23)13-18(27-8-3)20(21,4)5;;/h9-12,17-18H,6-8,13-14,23H2,1-5H3,(H,24,26);2*1H. The van der Waals surface area contributed by atoms with Crippen LogP contribution in [0.1, 0.15) is 52.6 Å². The molecule has 3 N–H and O–H groups in total. The summed E-state index contributed by atoms with van der Waals surface area (Å²) in [5.74, 6) is -0.118. The fraction of sp³-hybridized carbons (Fsp3) is 0.667. The van der Waals surface area contributed by atoms with Crippen molar-refractivity contribution in [2.75, 3.05) is 26.2 Å². The Morgan fingerprint density at radius 1 is 1.28 bits per heavy atom. The van der Waals surface area contributed by atoms with Gasteiger partial charge in [-0.05, 0) is 31.6 Å². The van der Waals surface area contributed by atoms with Crippen LogP contribution in [-0.2, 0) is 9.53 Å². The molecule has 0 spiro atoms. The predicted molar refractivity (Wildman–Crippen MR) is 125 cm³/mol. The Morgan fingerprint density at radius 3 is 2.34 bits per heavy atom. The zero-order valence-electron chi connectivity index (χ0n) is 18.0. The molecule has 3 unspecified atom stereocenters. The highest BCUT2D eigenvalue weighted by atomic mass is 35.5. The molecule has 1 aliphatic carbocycles. The van der Waals surface area contributed by atoms with Crippen molar-refractivity contribution in [3.05, 3.63) is 34.9 Å². The molecule has 1 aromatic rings. The fourth-order valence-electron chi connectivity index (χ4n) is 4.01. The first kappa shape index (κ1) is 28.4. The summed E-state index contributed by atoms with van der Waals surface area (Å²) >= 11 is 6.44. The third-order valence-corrected chi connectivity index (χ3v) is 6.55. The number of carbonyl (C=O) groups is 1. The molecule has 1 saturated carbocycles. The molecule has 29 heavy (non-hydrogen) atoms. The van der Waals surface area contributed by atoms with Crippen LogP contribution in [0.4, 0.5) is 0 Å². The van der Waals surface area contributed by atoms with Crippen LogP contribution in [0.15, 0.2) is 24.3 Å². The maximum atomic E-state index is 13.0. The van der Waals surface area contributed by atoms with E-state index < -0.39 is 11.0 Å². The van der Waals surface area contributed by atoms with Crippen molar-refractivity contribution in [1.29, 1.82) is 0 Å². The second-order valence-electron chi connectivity index (χ2n) is 7.81. The van der Waals surface area contributed by atoms with Gasteiger partial charge >= 0.3 is 0 Å². The second kappa shape index (κ2) is 11.7. The Hall–Kier alpha value is -0.560. The fourth-order valence-corrected chi connectivity index (χ4v) is 4.27. The van der Waals surface area contributed by atoms with Crippen LogP contribution in [0.3, 0.4) is 0 Å². The van der Waals surface area contributed by atoms with E-state index in [1.54, 1.807) is 0 Å². The van der Waals surface area contributed by atoms with Crippen molar-refractivity contribution in [2.45, 2.75) is 58.7 Å². The SMILES string of the molecule is CCOC1CC(N)(C(=O)NCC(c2ccccc2Cl)N(CC)CC)C1(C)C.Cl.Cl. The third kappa shape index (κ3) is 5.57. The van der Waals surface area contributed by atoms with E-state index in [2.05, 4.69) is 24.1 Å². The van der Waals surface area contributed by atoms with Crippen LogP contribution < -0.4 is 11.1 Å². The molecule has 0 radical (unpaired) electrons. The van der Waals surface area contributed by atoms with E-state index in [-0.39, 0.29) is 42.9 Å². The van der Waals surface area contributed by atoms with Crippen LogP contribution >= 0.6 is 36.4 Å². The van der Waals surface area contributed by atoms with E-state index in [0.717, 1.165) is 18.7 Å². The molecule has 0 bridgehead atoms. The molecule has 0 aromatic heterocycles. The first-order valence-corrected chi connectivity index (χ1v) is 10.3. The lowest BCUT2D eigenvalue weighted by atomic mass is 9.54. The van der Waals surface area contributed by atoms with Gasteiger partial charge < -0.3 is 15.8 Å². The molecular formula is C21H36Cl3N3O2. The highest BCUT2D eigenvalue weighted by Gasteiger charge is 2.62. The van der Waals surface area contributed by atoms with Crippen LogP contribution in [0.25, 0.3) is 0 Å². The zero-order chi connectivity index (χ0) is 20.2. The molecule has 1 fully saturated rings. The van der Waals surface area contributed by atoms with E-state index in [1.165, 1.54) is 0 Å². The van der Waals surface area contributed by atoms with Gasteiger partial charge in [0.25, 0.3) is 0 Å². The van der Waals surface area contributed by atoms with Gasteiger partial charge in [-0.3, -0.25) is 9.69 Å². The summed E-state index contributed by atoms with van der Waals surface area (Å²) in [5, 5.41) is 3.81. The van der Waals surface area contributed by atoms with Crippen molar-refractivity contribution in [3.63, 3.8) is 0 Å². The van der Waals surface area contributed by atoms with E-state index in [9.17, 15) is 4.79 Å². The summed E-state index contributed by atoms with van der Waals surface area (Å²) in [6, 6.07) is 7.82. The first-order valence-electron chi connectivity index (χ1n) is 9.90. The van der Waals surface area contributed by atoms with Gasteiger partial charge in [0.2, 0.25) is 5.91 Å². The van der Waals surface area contributed by atoms with Gasteiger partial charge in [0.1, 0.15) is 5.54 Å². The highest BCUT2D eigenvalue weighted by molar-refractivity contribution is 6.31. The van der Waals surface area contributed by atoms with Gasteiger partial charge in [0.15, 0.2) is 0 Å². The molecule has 1 aliphatic rings. The number of nitrogens with zero attached hydrogens (tertiary/aromatic N) is 1. The van der Waals surface area contributed by atoms with Crippen molar-refractivity contribution in [3.8, 4) is 0 Å². The number of hydrogen-bond donors (Lipinski definition) is 2. The minimum absolute atomic E-state index is 0. The molecule has 1 amide bonds. The average molecular weight is 469 g/mol. The maximum absolute atomic E-state index is 13.0. The number of amides is 1. The molecule has 5 nitrogen and oxygen atoms in total. The molecule has 0 aliphatic heterocycles. The average Bonchev–Trinajstić information content (AvgIpc) is 2.65. The van der Waals surface area contributed by atoms with Gasteiger partial charge in [0.05, 0.1) is 12.1 Å². The van der Waals surface area contributed by atoms with Gasteiger partial charge in [-0.2, -0.15) is 0 Å². The van der Waals surface area contributed by atoms with Crippen LogP contribution in [0.5, 0.6) is 0 Å². The number of likely N-dealkylation sites (N-methyl/N-ethyl adjacent to an activating group) is 1. The van der Waals surface area contributed by atoms with Crippen LogP contribution in [-0.4, -0.2) is 48.7 Å². The Kier molecular flexibility index (Phi) is 11.5. The van der Waals surface area contributed by atoms with Crippen LogP contribution in [0.2, 0.25) is 5.02 Å². The lowest BCUT2D eigenvalue weighted by Crippen LogP contribution is -2.76. The molecule has 2 rings (SSSR count). The Morgan fingerprint density at radius 2 is 1.86 bits per heavy atom. The van der Waals surface area contributed by atoms with Crippen molar-refractivity contribution in [2.24, 2.45) is 11.1 Å². The lowest BCUT2D eigenvalue weighted by Gasteiger charge is -2.57. The Bertz CT molecular complexity index is 656. The predicted octanol–water partition coefficient (Wildman–Crippen LogP) is 4.22. The van der Waals surface area contributed by atoms with Crippen LogP contribution in [0, 0.1) is 5.41 Å². The molecule has 168 valence electrons. The first-order chi connectivity index (χ1) is 12.7. The molecule has 0 heterocycles. The summed E-state index contributed by atoms with van der Waals surface area (Å²) < 4.78 is 5.74. The molecule has 8 heteroatoms. The van der Waals surface area contributed by atoms with Gasteiger partial charge in [0, 0.05) is 30.0 Å². The second-order valence-corrected chi connectivity index (χ2v) is 8.22. The maximum Gasteiger partial charge on any atom is 0.240 e. The summed E-state index contributed by atoms with van der Waals surface area (Å²) in [5.41, 5.74) is 6.22. The number of nitrogens with two attached hydrogens (primary N) is 1. The van der Waals surface area contributed by atoms with Crippen molar-refractivity contribution >= 4 is 42.3 Å². The number of carbonyl (C=O) groups excluding carboxylic acids is 1. The van der Waals surface area contributed by atoms with Crippen molar-refractivity contribution in [1.82, 2.24) is 10.2 Å². The number of nitrogens with one attached hydrogen (secondary N) is 1. The van der Waals surface area contributed by atoms with Gasteiger partial charge in [-0.25, -0.2) is 0 Å². The number of rotatable bonds is 9. The summed E-state index contributed by atoms with van der Waals surface area (Å²) in [6.45, 7) is 13.0. The smallest absolute Gasteiger partial charge is 0.240 e. The zero-order valence-corrected chi connectivity index (χ0v) is 20.4. The summed E-state index contributed by atoms with van der Waals surface area (Å²) in [6.07, 6.45) is 0.558. The molecular weight excluding hydrogens is 433 g/mol. The summed E-state index contributed by atoms with van der Waals surface area (Å²) in [7, 11) is 0. The molecule has 1 aromatic carbocycles. The topological polar surface area (TPSA) is 67.6 Å². The number of ether oxygens (including phenoxy) is 1. The van der Waals surface area contributed by atoms with Gasteiger partial charge in [-0.1, -0.05) is 57.5 Å². The number of hydrogen-bond acceptors (Lipinski definition) is 4. The van der Waals surface area contributed by atoms with Crippen molar-refractivity contribution < 1.29 is 9.53 Å². The van der Waals surface area contributed by atoms with Gasteiger partial charge in [-0.15, -0.1) is 24.8 Å². The highest BCUT2D eigenvalue weighted by Crippen LogP contribution is 2.49. The minimum Gasteiger partial charge on any atom is -0.378 e.